The molecule has 1 atom stereocenters. The number of carboxylic acid groups (broad SMARTS) is 1. The van der Waals surface area contributed by atoms with Crippen molar-refractivity contribution in [2.45, 2.75) is 23.6 Å². The molecule has 1 unspecified atom stereocenters. The Morgan fingerprint density at radius 3 is 2.71 bits per heavy atom. The van der Waals surface area contributed by atoms with E-state index in [1.165, 1.54) is 18.3 Å². The zero-order valence-electron chi connectivity index (χ0n) is 12.8. The zero-order chi connectivity index (χ0) is 17.3. The van der Waals surface area contributed by atoms with Gasteiger partial charge in [0.1, 0.15) is 5.03 Å². The molecule has 0 spiro atoms. The first-order valence-corrected chi connectivity index (χ1v) is 8.12. The van der Waals surface area contributed by atoms with E-state index in [0.717, 1.165) is 22.2 Å². The molecule has 6 nitrogen and oxygen atoms in total. The second kappa shape index (κ2) is 6.45. The Hall–Kier alpha value is -2.67. The summed E-state index contributed by atoms with van der Waals surface area (Å²) in [7, 11) is 0. The summed E-state index contributed by atoms with van der Waals surface area (Å²) in [5, 5.41) is 10.6. The molecule has 2 amide bonds. The van der Waals surface area contributed by atoms with Crippen LogP contribution in [-0.2, 0) is 9.59 Å². The molecular weight excluding hydrogens is 328 g/mol. The van der Waals surface area contributed by atoms with Crippen molar-refractivity contribution in [3.05, 3.63) is 53.7 Å². The van der Waals surface area contributed by atoms with Crippen molar-refractivity contribution in [2.24, 2.45) is 0 Å². The van der Waals surface area contributed by atoms with Gasteiger partial charge in [-0.3, -0.25) is 9.59 Å². The monoisotopic (exact) mass is 341 g/mol. The molecule has 0 aliphatic carbocycles. The lowest BCUT2D eigenvalue weighted by Crippen LogP contribution is -2.31. The summed E-state index contributed by atoms with van der Waals surface area (Å²) in [6.45, 7) is 1.82. The molecule has 0 saturated carbocycles. The summed E-state index contributed by atoms with van der Waals surface area (Å²) in [5.41, 5.74) is 1.28. The fourth-order valence-corrected chi connectivity index (χ4v) is 3.64. The van der Waals surface area contributed by atoms with Crippen LogP contribution in [-0.4, -0.2) is 28.0 Å². The highest BCUT2D eigenvalue weighted by Crippen LogP contribution is 2.35. The molecule has 1 aromatic carbocycles. The number of anilines is 1. The lowest BCUT2D eigenvalue weighted by molar-refractivity contribution is -0.255. The maximum Gasteiger partial charge on any atom is 0.247 e. The van der Waals surface area contributed by atoms with Gasteiger partial charge in [-0.2, -0.15) is 0 Å². The van der Waals surface area contributed by atoms with E-state index in [9.17, 15) is 19.5 Å². The van der Waals surface area contributed by atoms with Gasteiger partial charge in [0, 0.05) is 18.2 Å². The van der Waals surface area contributed by atoms with Gasteiger partial charge in [-0.05, 0) is 30.7 Å². The van der Waals surface area contributed by atoms with Gasteiger partial charge in [0.25, 0.3) is 0 Å². The van der Waals surface area contributed by atoms with Gasteiger partial charge in [0.05, 0.1) is 16.9 Å². The van der Waals surface area contributed by atoms with E-state index in [1.807, 2.05) is 19.1 Å². The van der Waals surface area contributed by atoms with Crippen molar-refractivity contribution in [1.82, 2.24) is 4.98 Å². The van der Waals surface area contributed by atoms with Crippen molar-refractivity contribution in [1.29, 1.82) is 0 Å². The van der Waals surface area contributed by atoms with Crippen LogP contribution in [0.2, 0.25) is 0 Å². The molecule has 0 radical (unpaired) electrons. The van der Waals surface area contributed by atoms with Gasteiger partial charge in [0.2, 0.25) is 11.8 Å². The van der Waals surface area contributed by atoms with Crippen LogP contribution in [0.25, 0.3) is 0 Å². The molecule has 1 aliphatic heterocycles. The largest absolute Gasteiger partial charge is 0.545 e. The van der Waals surface area contributed by atoms with Crippen LogP contribution >= 0.6 is 11.8 Å². The molecule has 24 heavy (non-hydrogen) atoms. The van der Waals surface area contributed by atoms with E-state index in [-0.39, 0.29) is 28.8 Å². The first-order valence-electron chi connectivity index (χ1n) is 7.24. The second-order valence-electron chi connectivity index (χ2n) is 5.31. The summed E-state index contributed by atoms with van der Waals surface area (Å²) in [5.74, 6) is -2.04. The Kier molecular flexibility index (Phi) is 4.35. The number of carboxylic acids is 1. The number of imide groups is 1. The SMILES string of the molecule is Cc1ccccc1N1C(=O)CC(Sc2ncccc2C(=O)[O-])C1=O. The van der Waals surface area contributed by atoms with E-state index in [2.05, 4.69) is 4.98 Å². The molecule has 2 heterocycles. The number of rotatable bonds is 4. The summed E-state index contributed by atoms with van der Waals surface area (Å²) in [4.78, 5) is 41.3. The number of thioether (sulfide) groups is 1. The fraction of sp³-hybridized carbons (Fsp3) is 0.176. The third-order valence-corrected chi connectivity index (χ3v) is 4.91. The number of para-hydroxylation sites is 1. The molecule has 2 aromatic rings. The topological polar surface area (TPSA) is 90.4 Å². The van der Waals surface area contributed by atoms with E-state index in [4.69, 9.17) is 0 Å². The van der Waals surface area contributed by atoms with E-state index < -0.39 is 11.2 Å². The number of nitrogens with zero attached hydrogens (tertiary/aromatic N) is 2. The van der Waals surface area contributed by atoms with Crippen LogP contribution in [0.5, 0.6) is 0 Å². The Bertz CT molecular complexity index is 837. The number of amides is 2. The minimum Gasteiger partial charge on any atom is -0.545 e. The minimum absolute atomic E-state index is 0.000889. The Balaban J connectivity index is 1.88. The average Bonchev–Trinajstić information content (AvgIpc) is 2.82. The summed E-state index contributed by atoms with van der Waals surface area (Å²) in [6, 6.07) is 9.97. The number of aryl methyl sites for hydroxylation is 1. The van der Waals surface area contributed by atoms with Crippen molar-refractivity contribution < 1.29 is 19.5 Å². The van der Waals surface area contributed by atoms with Crippen LogP contribution in [0, 0.1) is 6.92 Å². The van der Waals surface area contributed by atoms with Gasteiger partial charge in [0.15, 0.2) is 0 Å². The van der Waals surface area contributed by atoms with Crippen LogP contribution in [0.1, 0.15) is 22.3 Å². The molecule has 122 valence electrons. The predicted molar refractivity (Wildman–Crippen MR) is 86.5 cm³/mol. The lowest BCUT2D eigenvalue weighted by atomic mass is 10.2. The van der Waals surface area contributed by atoms with E-state index >= 15 is 0 Å². The van der Waals surface area contributed by atoms with Crippen LogP contribution < -0.4 is 10.0 Å². The number of aromatic carboxylic acids is 1. The summed E-state index contributed by atoms with van der Waals surface area (Å²) in [6.07, 6.45) is 1.44. The number of pyridine rings is 1. The standard InChI is InChI=1S/C17H14N2O4S/c1-10-5-2-3-7-12(10)19-14(20)9-13(16(19)21)24-15-11(17(22)23)6-4-8-18-15/h2-8,13H,9H2,1H3,(H,22,23)/p-1. The molecule has 3 rings (SSSR count). The number of hydrogen-bond acceptors (Lipinski definition) is 6. The lowest BCUT2D eigenvalue weighted by Gasteiger charge is -2.17. The van der Waals surface area contributed by atoms with Crippen LogP contribution in [0.15, 0.2) is 47.6 Å². The molecule has 1 aliphatic rings. The molecule has 1 saturated heterocycles. The molecule has 7 heteroatoms. The zero-order valence-corrected chi connectivity index (χ0v) is 13.6. The predicted octanol–water partition coefficient (Wildman–Crippen LogP) is 1.18. The number of hydrogen-bond donors (Lipinski definition) is 0. The van der Waals surface area contributed by atoms with Crippen molar-refractivity contribution in [2.75, 3.05) is 4.90 Å². The number of benzene rings is 1. The number of carbonyl (C=O) groups is 3. The van der Waals surface area contributed by atoms with Gasteiger partial charge >= 0.3 is 0 Å². The van der Waals surface area contributed by atoms with Crippen LogP contribution in [0.3, 0.4) is 0 Å². The van der Waals surface area contributed by atoms with E-state index in [1.54, 1.807) is 12.1 Å². The van der Waals surface area contributed by atoms with Gasteiger partial charge < -0.3 is 9.90 Å². The Morgan fingerprint density at radius 1 is 1.25 bits per heavy atom. The van der Waals surface area contributed by atoms with Gasteiger partial charge in [-0.25, -0.2) is 9.88 Å². The number of aromatic nitrogens is 1. The average molecular weight is 341 g/mol. The normalized spacial score (nSPS) is 17.4. The fourth-order valence-electron chi connectivity index (χ4n) is 2.54. The van der Waals surface area contributed by atoms with Gasteiger partial charge in [-0.1, -0.05) is 30.0 Å². The third kappa shape index (κ3) is 2.90. The second-order valence-corrected chi connectivity index (χ2v) is 6.50. The maximum atomic E-state index is 12.6. The smallest absolute Gasteiger partial charge is 0.247 e. The maximum absolute atomic E-state index is 12.6. The third-order valence-electron chi connectivity index (χ3n) is 3.71. The summed E-state index contributed by atoms with van der Waals surface area (Å²) >= 11 is 0.978. The first-order chi connectivity index (χ1) is 11.5. The van der Waals surface area contributed by atoms with Crippen molar-refractivity contribution in [3.8, 4) is 0 Å². The molecule has 1 aromatic heterocycles. The van der Waals surface area contributed by atoms with Crippen molar-refractivity contribution in [3.63, 3.8) is 0 Å². The molecule has 0 bridgehead atoms. The molecular formula is C17H13N2O4S-. The van der Waals surface area contributed by atoms with Crippen molar-refractivity contribution >= 4 is 35.2 Å². The number of carbonyl (C=O) groups excluding carboxylic acids is 3. The molecule has 0 N–H and O–H groups in total. The highest BCUT2D eigenvalue weighted by molar-refractivity contribution is 8.00. The van der Waals surface area contributed by atoms with Gasteiger partial charge in [-0.15, -0.1) is 0 Å². The quantitative estimate of drug-likeness (QED) is 0.776. The Morgan fingerprint density at radius 2 is 2.00 bits per heavy atom. The minimum atomic E-state index is -1.36. The van der Waals surface area contributed by atoms with Crippen LogP contribution in [0.4, 0.5) is 5.69 Å². The highest BCUT2D eigenvalue weighted by Gasteiger charge is 2.41. The highest BCUT2D eigenvalue weighted by atomic mass is 32.2. The molecule has 1 fully saturated rings. The van der Waals surface area contributed by atoms with E-state index in [0.29, 0.717) is 5.69 Å². The first kappa shape index (κ1) is 16.2. The Labute approximate surface area is 142 Å². The summed E-state index contributed by atoms with van der Waals surface area (Å²) < 4.78 is 0.